The van der Waals surface area contributed by atoms with E-state index in [1.165, 1.54) is 22.3 Å². The summed E-state index contributed by atoms with van der Waals surface area (Å²) in [7, 11) is 0. The zero-order chi connectivity index (χ0) is 21.3. The van der Waals surface area contributed by atoms with Crippen LogP contribution in [0.15, 0.2) is 80.1 Å². The van der Waals surface area contributed by atoms with Crippen molar-refractivity contribution < 1.29 is 0 Å². The van der Waals surface area contributed by atoms with Crippen LogP contribution in [-0.4, -0.2) is 22.8 Å². The molecule has 0 amide bonds. The van der Waals surface area contributed by atoms with Gasteiger partial charge in [-0.25, -0.2) is 20.0 Å². The lowest BCUT2D eigenvalue weighted by Gasteiger charge is -2.27. The average Bonchev–Trinajstić information content (AvgIpc) is 3.31. The number of benzene rings is 2. The first-order chi connectivity index (χ1) is 14.2. The van der Waals surface area contributed by atoms with Gasteiger partial charge in [0.2, 0.25) is 0 Å². The standard InChI is InChI=1S/C26H26N4/c1-15-21-25(3,4)19-11-7-9-17(13-19)18-10-8-12-20(14-18)26(5,6)22-16(2)28-24(30-22)23(27-15)29-21/h7-14H,1-6H3. The molecule has 2 aromatic rings. The Balaban J connectivity index is 1.86. The highest BCUT2D eigenvalue weighted by molar-refractivity contribution is 6.47. The molecule has 3 heterocycles. The highest BCUT2D eigenvalue weighted by atomic mass is 15.1. The molecule has 2 aromatic carbocycles. The van der Waals surface area contributed by atoms with Crippen molar-refractivity contribution in [1.29, 1.82) is 0 Å². The highest BCUT2D eigenvalue weighted by Crippen LogP contribution is 2.37. The first-order valence-corrected chi connectivity index (χ1v) is 10.4. The van der Waals surface area contributed by atoms with Gasteiger partial charge in [0.25, 0.3) is 0 Å². The predicted molar refractivity (Wildman–Crippen MR) is 126 cm³/mol. The zero-order valence-electron chi connectivity index (χ0n) is 18.4. The van der Waals surface area contributed by atoms with Crippen LogP contribution in [0, 0.1) is 0 Å². The molecule has 5 rings (SSSR count). The van der Waals surface area contributed by atoms with E-state index in [0.717, 1.165) is 22.8 Å². The number of aliphatic imine (C=N–C) groups is 4. The van der Waals surface area contributed by atoms with E-state index in [2.05, 4.69) is 76.2 Å². The predicted octanol–water partition coefficient (Wildman–Crippen LogP) is 5.88. The first-order valence-electron chi connectivity index (χ1n) is 10.4. The lowest BCUT2D eigenvalue weighted by atomic mass is 9.76. The number of hydrogen-bond acceptors (Lipinski definition) is 4. The van der Waals surface area contributed by atoms with Gasteiger partial charge in [-0.05, 0) is 36.1 Å². The molecule has 0 saturated carbocycles. The Morgan fingerprint density at radius 1 is 0.567 bits per heavy atom. The summed E-state index contributed by atoms with van der Waals surface area (Å²) in [5, 5.41) is 0. The molecular formula is C26H26N4. The van der Waals surface area contributed by atoms with Crippen molar-refractivity contribution in [3.05, 3.63) is 71.3 Å². The molecule has 0 aliphatic carbocycles. The van der Waals surface area contributed by atoms with Crippen LogP contribution in [0.25, 0.3) is 11.1 Å². The van der Waals surface area contributed by atoms with Gasteiger partial charge in [-0.3, -0.25) is 0 Å². The fourth-order valence-electron chi connectivity index (χ4n) is 4.68. The van der Waals surface area contributed by atoms with E-state index in [9.17, 15) is 0 Å². The van der Waals surface area contributed by atoms with Gasteiger partial charge in [0.15, 0.2) is 11.6 Å². The van der Waals surface area contributed by atoms with Crippen LogP contribution in [-0.2, 0) is 10.8 Å². The zero-order valence-corrected chi connectivity index (χ0v) is 18.4. The Morgan fingerprint density at radius 2 is 0.967 bits per heavy atom. The normalized spacial score (nSPS) is 20.9. The van der Waals surface area contributed by atoms with Crippen molar-refractivity contribution in [2.45, 2.75) is 52.4 Å². The summed E-state index contributed by atoms with van der Waals surface area (Å²) < 4.78 is 0. The molecule has 30 heavy (non-hydrogen) atoms. The van der Waals surface area contributed by atoms with Gasteiger partial charge in [0, 0.05) is 10.8 Å². The number of rotatable bonds is 0. The molecule has 150 valence electrons. The number of fused-ring (bicyclic) bond motifs is 7. The van der Waals surface area contributed by atoms with E-state index >= 15 is 0 Å². The van der Waals surface area contributed by atoms with Gasteiger partial charge in [0.05, 0.1) is 22.8 Å². The number of hydrogen-bond donors (Lipinski definition) is 0. The summed E-state index contributed by atoms with van der Waals surface area (Å²) in [6.45, 7) is 12.9. The molecule has 3 aliphatic heterocycles. The van der Waals surface area contributed by atoms with E-state index in [4.69, 9.17) is 20.0 Å². The summed E-state index contributed by atoms with van der Waals surface area (Å²) in [6.07, 6.45) is 0. The summed E-state index contributed by atoms with van der Waals surface area (Å²) in [6, 6.07) is 17.6. The van der Waals surface area contributed by atoms with Gasteiger partial charge < -0.3 is 0 Å². The Bertz CT molecular complexity index is 1150. The lowest BCUT2D eigenvalue weighted by molar-refractivity contribution is 0.723. The molecule has 0 unspecified atom stereocenters. The highest BCUT2D eigenvalue weighted by Gasteiger charge is 2.36. The topological polar surface area (TPSA) is 49.4 Å². The number of nitrogens with zero attached hydrogens (tertiary/aromatic N) is 4. The third-order valence-corrected chi connectivity index (χ3v) is 6.55. The van der Waals surface area contributed by atoms with Crippen LogP contribution in [0.3, 0.4) is 0 Å². The molecule has 0 aromatic heterocycles. The molecule has 3 aliphatic rings. The summed E-state index contributed by atoms with van der Waals surface area (Å²) in [5.41, 5.74) is 8.10. The van der Waals surface area contributed by atoms with Crippen LogP contribution < -0.4 is 0 Å². The molecule has 0 fully saturated rings. The van der Waals surface area contributed by atoms with E-state index < -0.39 is 0 Å². The maximum Gasteiger partial charge on any atom is 0.198 e. The van der Waals surface area contributed by atoms with Crippen molar-refractivity contribution >= 4 is 22.8 Å². The van der Waals surface area contributed by atoms with E-state index in [1.807, 2.05) is 13.8 Å². The van der Waals surface area contributed by atoms with Crippen molar-refractivity contribution in [2.24, 2.45) is 20.0 Å². The Kier molecular flexibility index (Phi) is 3.88. The second-order valence-corrected chi connectivity index (χ2v) is 9.37. The van der Waals surface area contributed by atoms with E-state index in [1.54, 1.807) is 0 Å². The van der Waals surface area contributed by atoms with Gasteiger partial charge >= 0.3 is 0 Å². The molecular weight excluding hydrogens is 368 g/mol. The van der Waals surface area contributed by atoms with Crippen LogP contribution in [0.1, 0.15) is 52.7 Å². The van der Waals surface area contributed by atoms with Crippen LogP contribution in [0.5, 0.6) is 0 Å². The quantitative estimate of drug-likeness (QED) is 0.536. The van der Waals surface area contributed by atoms with Crippen LogP contribution >= 0.6 is 0 Å². The minimum Gasteiger partial charge on any atom is -0.229 e. The van der Waals surface area contributed by atoms with E-state index in [-0.39, 0.29) is 10.8 Å². The van der Waals surface area contributed by atoms with Crippen molar-refractivity contribution in [3.63, 3.8) is 0 Å². The van der Waals surface area contributed by atoms with E-state index in [0.29, 0.717) is 11.6 Å². The lowest BCUT2D eigenvalue weighted by Crippen LogP contribution is -2.33. The molecule has 0 N–H and O–H groups in total. The molecule has 4 heteroatoms. The molecule has 0 radical (unpaired) electrons. The molecule has 0 saturated heterocycles. The Hall–Kier alpha value is -3.14. The Morgan fingerprint density at radius 3 is 1.37 bits per heavy atom. The van der Waals surface area contributed by atoms with Crippen molar-refractivity contribution in [3.8, 4) is 11.1 Å². The second-order valence-electron chi connectivity index (χ2n) is 9.37. The maximum atomic E-state index is 4.93. The minimum atomic E-state index is -0.281. The molecule has 0 spiro atoms. The molecule has 8 bridgehead atoms. The smallest absolute Gasteiger partial charge is 0.198 e. The second kappa shape index (κ2) is 6.18. The fourth-order valence-corrected chi connectivity index (χ4v) is 4.68. The molecule has 4 nitrogen and oxygen atoms in total. The monoisotopic (exact) mass is 394 g/mol. The van der Waals surface area contributed by atoms with Crippen molar-refractivity contribution in [2.75, 3.05) is 0 Å². The van der Waals surface area contributed by atoms with Gasteiger partial charge in [0.1, 0.15) is 0 Å². The largest absolute Gasteiger partial charge is 0.229 e. The first kappa shape index (κ1) is 18.9. The minimum absolute atomic E-state index is 0.281. The average molecular weight is 395 g/mol. The summed E-state index contributed by atoms with van der Waals surface area (Å²) >= 11 is 0. The Labute approximate surface area is 177 Å². The van der Waals surface area contributed by atoms with Gasteiger partial charge in [-0.15, -0.1) is 0 Å². The van der Waals surface area contributed by atoms with Gasteiger partial charge in [-0.2, -0.15) is 0 Å². The van der Waals surface area contributed by atoms with Crippen LogP contribution in [0.2, 0.25) is 0 Å². The van der Waals surface area contributed by atoms with Crippen molar-refractivity contribution in [1.82, 2.24) is 0 Å². The van der Waals surface area contributed by atoms with Crippen LogP contribution in [0.4, 0.5) is 0 Å². The molecule has 0 atom stereocenters. The summed E-state index contributed by atoms with van der Waals surface area (Å²) in [4.78, 5) is 19.4. The third-order valence-electron chi connectivity index (χ3n) is 6.55. The summed E-state index contributed by atoms with van der Waals surface area (Å²) in [5.74, 6) is 1.23. The fraction of sp³-hybridized carbons (Fsp3) is 0.308. The SMILES string of the molecule is CC1=NC2=C3N=C(C)C(=N3)C(C)(C)c3cccc(c3)-c3cccc(c3)C(C)(C)C1=N2. The maximum absolute atomic E-state index is 4.93. The third kappa shape index (κ3) is 2.67. The van der Waals surface area contributed by atoms with Gasteiger partial charge in [-0.1, -0.05) is 76.2 Å².